The summed E-state index contributed by atoms with van der Waals surface area (Å²) in [4.78, 5) is 20.5. The average Bonchev–Trinajstić information content (AvgIpc) is 3.23. The second-order valence-electron chi connectivity index (χ2n) is 7.01. The summed E-state index contributed by atoms with van der Waals surface area (Å²) in [5.74, 6) is -0.268. The molecule has 0 bridgehead atoms. The van der Waals surface area contributed by atoms with Crippen LogP contribution in [0.3, 0.4) is 0 Å². The molecule has 2 aromatic rings. The molecule has 1 spiro atoms. The predicted octanol–water partition coefficient (Wildman–Crippen LogP) is 3.33. The highest BCUT2D eigenvalue weighted by atomic mass is 32.1. The van der Waals surface area contributed by atoms with Gasteiger partial charge in [0.25, 0.3) is 0 Å². The lowest BCUT2D eigenvalue weighted by molar-refractivity contribution is -0.187. The maximum atomic E-state index is 12.8. The minimum atomic E-state index is -0.435. The van der Waals surface area contributed by atoms with Gasteiger partial charge in [-0.1, -0.05) is 24.3 Å². The first kappa shape index (κ1) is 17.6. The molecule has 0 saturated carbocycles. The Bertz CT molecular complexity index is 801. The van der Waals surface area contributed by atoms with Crippen LogP contribution in [-0.4, -0.2) is 47.9 Å². The van der Waals surface area contributed by atoms with E-state index in [1.807, 2.05) is 24.0 Å². The van der Waals surface area contributed by atoms with Gasteiger partial charge in [0.2, 0.25) is 5.91 Å². The Hall–Kier alpha value is -1.76. The first-order valence-corrected chi connectivity index (χ1v) is 9.96. The van der Waals surface area contributed by atoms with Gasteiger partial charge in [-0.3, -0.25) is 4.79 Å². The van der Waals surface area contributed by atoms with Crippen LogP contribution in [0.5, 0.6) is 0 Å². The van der Waals surface area contributed by atoms with E-state index in [1.165, 1.54) is 5.56 Å². The van der Waals surface area contributed by atoms with Crippen molar-refractivity contribution >= 4 is 17.2 Å². The third kappa shape index (κ3) is 3.41. The number of thiazole rings is 1. The van der Waals surface area contributed by atoms with Gasteiger partial charge < -0.3 is 14.4 Å². The minimum absolute atomic E-state index is 0.168. The van der Waals surface area contributed by atoms with Crippen molar-refractivity contribution in [2.24, 2.45) is 0 Å². The van der Waals surface area contributed by atoms with Gasteiger partial charge >= 0.3 is 0 Å². The van der Waals surface area contributed by atoms with Crippen LogP contribution >= 0.6 is 11.3 Å². The molecule has 2 saturated heterocycles. The predicted molar refractivity (Wildman–Crippen MR) is 101 cm³/mol. The van der Waals surface area contributed by atoms with Crippen molar-refractivity contribution in [3.8, 4) is 10.6 Å². The van der Waals surface area contributed by atoms with Gasteiger partial charge in [-0.25, -0.2) is 4.98 Å². The second kappa shape index (κ2) is 7.10. The number of amides is 1. The molecule has 4 rings (SSSR count). The van der Waals surface area contributed by atoms with Crippen LogP contribution in [0, 0.1) is 13.8 Å². The molecule has 2 aliphatic heterocycles. The van der Waals surface area contributed by atoms with E-state index in [2.05, 4.69) is 19.1 Å². The van der Waals surface area contributed by atoms with Crippen molar-refractivity contribution in [3.05, 3.63) is 40.4 Å². The molecule has 2 fully saturated rings. The SMILES string of the molecule is Cc1ccccc1-c1nc(C)c(CC(=O)N2CCC3(CC2)OCCO3)s1. The summed E-state index contributed by atoms with van der Waals surface area (Å²) in [6, 6.07) is 8.24. The average molecular weight is 372 g/mol. The molecule has 1 amide bonds. The van der Waals surface area contributed by atoms with Crippen LogP contribution in [0.1, 0.15) is 29.0 Å². The Kier molecular flexibility index (Phi) is 4.82. The minimum Gasteiger partial charge on any atom is -0.347 e. The van der Waals surface area contributed by atoms with Crippen molar-refractivity contribution < 1.29 is 14.3 Å². The Morgan fingerprint density at radius 2 is 1.88 bits per heavy atom. The van der Waals surface area contributed by atoms with Crippen LogP contribution < -0.4 is 0 Å². The highest BCUT2D eigenvalue weighted by Gasteiger charge is 2.40. The highest BCUT2D eigenvalue weighted by Crippen LogP contribution is 2.33. The molecule has 0 aliphatic carbocycles. The topological polar surface area (TPSA) is 51.7 Å². The molecule has 6 heteroatoms. The van der Waals surface area contributed by atoms with Gasteiger partial charge in [-0.15, -0.1) is 11.3 Å². The van der Waals surface area contributed by atoms with Gasteiger partial charge in [-0.05, 0) is 19.4 Å². The largest absolute Gasteiger partial charge is 0.347 e. The Morgan fingerprint density at radius 3 is 2.58 bits per heavy atom. The van der Waals surface area contributed by atoms with Gasteiger partial charge in [0.15, 0.2) is 5.79 Å². The molecule has 0 radical (unpaired) electrons. The lowest BCUT2D eigenvalue weighted by Gasteiger charge is -2.37. The number of likely N-dealkylation sites (tertiary alicyclic amines) is 1. The zero-order valence-corrected chi connectivity index (χ0v) is 16.1. The summed E-state index contributed by atoms with van der Waals surface area (Å²) in [5.41, 5.74) is 3.31. The molecule has 26 heavy (non-hydrogen) atoms. The lowest BCUT2D eigenvalue weighted by atomic mass is 10.0. The van der Waals surface area contributed by atoms with Crippen molar-refractivity contribution in [2.45, 2.75) is 38.9 Å². The van der Waals surface area contributed by atoms with Gasteiger partial charge in [-0.2, -0.15) is 0 Å². The maximum absolute atomic E-state index is 12.8. The standard InChI is InChI=1S/C20H24N2O3S/c1-14-5-3-4-6-16(14)19-21-15(2)17(26-19)13-18(23)22-9-7-20(8-10-22)24-11-12-25-20/h3-6H,7-13H2,1-2H3. The Balaban J connectivity index is 1.43. The fourth-order valence-electron chi connectivity index (χ4n) is 3.65. The van der Waals surface area contributed by atoms with Crippen LogP contribution in [0.15, 0.2) is 24.3 Å². The summed E-state index contributed by atoms with van der Waals surface area (Å²) in [7, 11) is 0. The number of hydrogen-bond donors (Lipinski definition) is 0. The van der Waals surface area contributed by atoms with E-state index in [0.29, 0.717) is 32.7 Å². The number of aromatic nitrogens is 1. The first-order chi connectivity index (χ1) is 12.6. The number of nitrogens with zero attached hydrogens (tertiary/aromatic N) is 2. The molecule has 0 atom stereocenters. The van der Waals surface area contributed by atoms with E-state index in [9.17, 15) is 4.79 Å². The molecule has 5 nitrogen and oxygen atoms in total. The summed E-state index contributed by atoms with van der Waals surface area (Å²) >= 11 is 1.63. The maximum Gasteiger partial charge on any atom is 0.227 e. The molecule has 0 unspecified atom stereocenters. The number of piperidine rings is 1. The van der Waals surface area contributed by atoms with E-state index < -0.39 is 5.79 Å². The zero-order valence-electron chi connectivity index (χ0n) is 15.3. The van der Waals surface area contributed by atoms with Crippen molar-refractivity contribution in [3.63, 3.8) is 0 Å². The quantitative estimate of drug-likeness (QED) is 0.829. The third-order valence-electron chi connectivity index (χ3n) is 5.27. The van der Waals surface area contributed by atoms with Crippen molar-refractivity contribution in [1.82, 2.24) is 9.88 Å². The number of aryl methyl sites for hydroxylation is 2. The molecular weight excluding hydrogens is 348 g/mol. The van der Waals surface area contributed by atoms with Crippen molar-refractivity contribution in [2.75, 3.05) is 26.3 Å². The van der Waals surface area contributed by atoms with E-state index in [4.69, 9.17) is 14.5 Å². The summed E-state index contributed by atoms with van der Waals surface area (Å²) < 4.78 is 11.5. The number of rotatable bonds is 3. The number of ether oxygens (including phenoxy) is 2. The van der Waals surface area contributed by atoms with Gasteiger partial charge in [0.1, 0.15) is 5.01 Å². The normalized spacial score (nSPS) is 19.2. The fourth-order valence-corrected chi connectivity index (χ4v) is 4.80. The van der Waals surface area contributed by atoms with E-state index in [1.54, 1.807) is 11.3 Å². The molecule has 1 aromatic carbocycles. The highest BCUT2D eigenvalue weighted by molar-refractivity contribution is 7.15. The third-order valence-corrected chi connectivity index (χ3v) is 6.46. The fraction of sp³-hybridized carbons (Fsp3) is 0.500. The smallest absolute Gasteiger partial charge is 0.227 e. The van der Waals surface area contributed by atoms with Gasteiger partial charge in [0, 0.05) is 36.4 Å². The molecular formula is C20H24N2O3S. The monoisotopic (exact) mass is 372 g/mol. The summed E-state index contributed by atoms with van der Waals surface area (Å²) in [5, 5.41) is 0.994. The molecule has 0 N–H and O–H groups in total. The van der Waals surface area contributed by atoms with E-state index in [0.717, 1.165) is 34.0 Å². The number of carbonyl (C=O) groups is 1. The number of hydrogen-bond acceptors (Lipinski definition) is 5. The Labute approximate surface area is 157 Å². The van der Waals surface area contributed by atoms with Crippen LogP contribution in [0.2, 0.25) is 0 Å². The number of benzene rings is 1. The summed E-state index contributed by atoms with van der Waals surface area (Å²) in [6.45, 7) is 6.80. The molecule has 1 aromatic heterocycles. The molecule has 3 heterocycles. The first-order valence-electron chi connectivity index (χ1n) is 9.14. The van der Waals surface area contributed by atoms with Gasteiger partial charge in [0.05, 0.1) is 25.3 Å². The number of carbonyl (C=O) groups excluding carboxylic acids is 1. The van der Waals surface area contributed by atoms with E-state index >= 15 is 0 Å². The Morgan fingerprint density at radius 1 is 1.19 bits per heavy atom. The van der Waals surface area contributed by atoms with Crippen LogP contribution in [-0.2, 0) is 20.7 Å². The summed E-state index contributed by atoms with van der Waals surface area (Å²) in [6.07, 6.45) is 1.94. The van der Waals surface area contributed by atoms with Crippen LogP contribution in [0.4, 0.5) is 0 Å². The lowest BCUT2D eigenvalue weighted by Crippen LogP contribution is -2.47. The van der Waals surface area contributed by atoms with Crippen LogP contribution in [0.25, 0.3) is 10.6 Å². The molecule has 138 valence electrons. The zero-order chi connectivity index (χ0) is 18.1. The van der Waals surface area contributed by atoms with Crippen molar-refractivity contribution in [1.29, 1.82) is 0 Å². The second-order valence-corrected chi connectivity index (χ2v) is 8.09. The molecule has 2 aliphatic rings. The van der Waals surface area contributed by atoms with E-state index in [-0.39, 0.29) is 5.91 Å².